The van der Waals surface area contributed by atoms with E-state index in [9.17, 15) is 4.79 Å². The van der Waals surface area contributed by atoms with Crippen molar-refractivity contribution in [2.75, 3.05) is 19.8 Å². The molecule has 0 radical (unpaired) electrons. The highest BCUT2D eigenvalue weighted by molar-refractivity contribution is 7.09. The Bertz CT molecular complexity index is 361. The molecule has 1 aliphatic heterocycles. The molecular formula is C11H17N3O2S. The Labute approximate surface area is 104 Å². The first-order chi connectivity index (χ1) is 8.21. The molecule has 0 atom stereocenters. The van der Waals surface area contributed by atoms with Crippen molar-refractivity contribution in [3.8, 4) is 0 Å². The minimum Gasteiger partial charge on any atom is -0.381 e. The van der Waals surface area contributed by atoms with Gasteiger partial charge in [0.2, 0.25) is 5.91 Å². The third-order valence-corrected chi connectivity index (χ3v) is 3.78. The van der Waals surface area contributed by atoms with E-state index in [1.165, 1.54) is 0 Å². The molecule has 94 valence electrons. The number of carbonyl (C=O) groups is 1. The molecule has 0 aliphatic carbocycles. The number of nitrogens with one attached hydrogen (secondary N) is 1. The topological polar surface area (TPSA) is 77.2 Å². The molecule has 5 nitrogen and oxygen atoms in total. The van der Waals surface area contributed by atoms with Gasteiger partial charge >= 0.3 is 0 Å². The largest absolute Gasteiger partial charge is 0.381 e. The van der Waals surface area contributed by atoms with Gasteiger partial charge in [-0.2, -0.15) is 0 Å². The van der Waals surface area contributed by atoms with Crippen LogP contribution in [0.5, 0.6) is 0 Å². The maximum Gasteiger partial charge on any atom is 0.240 e. The van der Waals surface area contributed by atoms with Crippen LogP contribution in [0.1, 0.15) is 17.8 Å². The number of amides is 1. The van der Waals surface area contributed by atoms with E-state index in [1.807, 2.05) is 5.38 Å². The fourth-order valence-corrected chi connectivity index (χ4v) is 2.42. The second kappa shape index (κ2) is 5.57. The quantitative estimate of drug-likeness (QED) is 0.811. The molecule has 2 heterocycles. The minimum atomic E-state index is -0.749. The fraction of sp³-hybridized carbons (Fsp3) is 0.636. The Morgan fingerprint density at radius 1 is 1.59 bits per heavy atom. The average Bonchev–Trinajstić information content (AvgIpc) is 2.83. The molecule has 17 heavy (non-hydrogen) atoms. The van der Waals surface area contributed by atoms with Gasteiger partial charge in [0.15, 0.2) is 0 Å². The van der Waals surface area contributed by atoms with Crippen LogP contribution in [0.3, 0.4) is 0 Å². The molecule has 0 bridgehead atoms. The summed E-state index contributed by atoms with van der Waals surface area (Å²) in [5.41, 5.74) is 5.31. The van der Waals surface area contributed by atoms with E-state index in [0.717, 1.165) is 11.4 Å². The van der Waals surface area contributed by atoms with Crippen LogP contribution in [0.2, 0.25) is 0 Å². The van der Waals surface area contributed by atoms with Gasteiger partial charge in [0, 0.05) is 37.8 Å². The summed E-state index contributed by atoms with van der Waals surface area (Å²) in [5, 5.41) is 5.84. The van der Waals surface area contributed by atoms with E-state index in [-0.39, 0.29) is 5.91 Å². The first-order valence-corrected chi connectivity index (χ1v) is 6.62. The lowest BCUT2D eigenvalue weighted by Gasteiger charge is -2.31. The van der Waals surface area contributed by atoms with Gasteiger partial charge in [0.1, 0.15) is 0 Å². The molecule has 1 aromatic rings. The molecule has 0 saturated carbocycles. The zero-order valence-electron chi connectivity index (χ0n) is 9.65. The monoisotopic (exact) mass is 255 g/mol. The molecule has 1 aliphatic rings. The lowest BCUT2D eigenvalue weighted by Crippen LogP contribution is -2.57. The minimum absolute atomic E-state index is 0.0719. The smallest absolute Gasteiger partial charge is 0.240 e. The number of ether oxygens (including phenoxy) is 1. The van der Waals surface area contributed by atoms with Crippen LogP contribution in [0.25, 0.3) is 0 Å². The van der Waals surface area contributed by atoms with Gasteiger partial charge < -0.3 is 15.8 Å². The van der Waals surface area contributed by atoms with Crippen molar-refractivity contribution in [1.29, 1.82) is 0 Å². The maximum absolute atomic E-state index is 11.9. The predicted molar refractivity (Wildman–Crippen MR) is 65.8 cm³/mol. The highest BCUT2D eigenvalue weighted by Crippen LogP contribution is 2.17. The van der Waals surface area contributed by atoms with Crippen LogP contribution in [-0.4, -0.2) is 36.2 Å². The third-order valence-electron chi connectivity index (χ3n) is 2.95. The van der Waals surface area contributed by atoms with E-state index < -0.39 is 5.54 Å². The van der Waals surface area contributed by atoms with Gasteiger partial charge in [-0.15, -0.1) is 11.3 Å². The Balaban J connectivity index is 1.76. The second-order valence-corrected chi connectivity index (χ2v) is 5.18. The van der Waals surface area contributed by atoms with E-state index >= 15 is 0 Å². The number of carbonyl (C=O) groups excluding carboxylic acids is 1. The van der Waals surface area contributed by atoms with Gasteiger partial charge in [0.25, 0.3) is 0 Å². The number of hydrogen-bond donors (Lipinski definition) is 2. The zero-order valence-corrected chi connectivity index (χ0v) is 10.5. The van der Waals surface area contributed by atoms with Crippen LogP contribution in [-0.2, 0) is 16.0 Å². The summed E-state index contributed by atoms with van der Waals surface area (Å²) in [7, 11) is 0. The normalized spacial score (nSPS) is 18.9. The van der Waals surface area contributed by atoms with Crippen molar-refractivity contribution in [1.82, 2.24) is 10.3 Å². The Morgan fingerprint density at radius 3 is 3.00 bits per heavy atom. The first kappa shape index (κ1) is 12.5. The van der Waals surface area contributed by atoms with Gasteiger partial charge in [-0.05, 0) is 12.8 Å². The summed E-state index contributed by atoms with van der Waals surface area (Å²) in [4.78, 5) is 16.1. The van der Waals surface area contributed by atoms with Crippen molar-refractivity contribution in [3.05, 3.63) is 16.6 Å². The molecule has 0 aromatic carbocycles. The van der Waals surface area contributed by atoms with E-state index in [4.69, 9.17) is 10.5 Å². The Morgan fingerprint density at radius 2 is 2.35 bits per heavy atom. The summed E-state index contributed by atoms with van der Waals surface area (Å²) in [5.74, 6) is -0.0719. The van der Waals surface area contributed by atoms with Gasteiger partial charge in [-0.3, -0.25) is 4.79 Å². The Kier molecular flexibility index (Phi) is 4.09. The molecule has 1 amide bonds. The third kappa shape index (κ3) is 3.24. The lowest BCUT2D eigenvalue weighted by atomic mass is 9.90. The van der Waals surface area contributed by atoms with Gasteiger partial charge in [-0.1, -0.05) is 0 Å². The van der Waals surface area contributed by atoms with Crippen molar-refractivity contribution >= 4 is 17.2 Å². The van der Waals surface area contributed by atoms with E-state index in [1.54, 1.807) is 17.5 Å². The van der Waals surface area contributed by atoms with Gasteiger partial charge in [-0.25, -0.2) is 4.98 Å². The standard InChI is InChI=1S/C11H17N3O2S/c12-11(2-6-16-7-3-11)10(15)14-4-1-9-13-5-8-17-9/h5,8H,1-4,6-7,12H2,(H,14,15). The average molecular weight is 255 g/mol. The first-order valence-electron chi connectivity index (χ1n) is 5.74. The highest BCUT2D eigenvalue weighted by Gasteiger charge is 2.35. The van der Waals surface area contributed by atoms with Crippen molar-refractivity contribution < 1.29 is 9.53 Å². The number of nitrogens with two attached hydrogens (primary N) is 1. The summed E-state index contributed by atoms with van der Waals surface area (Å²) in [6.07, 6.45) is 3.72. The predicted octanol–water partition coefficient (Wildman–Crippen LogP) is 0.310. The summed E-state index contributed by atoms with van der Waals surface area (Å²) >= 11 is 1.60. The van der Waals surface area contributed by atoms with Crippen LogP contribution in [0, 0.1) is 0 Å². The molecule has 1 fully saturated rings. The van der Waals surface area contributed by atoms with Crippen molar-refractivity contribution in [2.45, 2.75) is 24.8 Å². The van der Waals surface area contributed by atoms with Crippen molar-refractivity contribution in [2.24, 2.45) is 5.73 Å². The van der Waals surface area contributed by atoms with E-state index in [0.29, 0.717) is 32.6 Å². The SMILES string of the molecule is NC1(C(=O)NCCc2nccs2)CCOCC1. The van der Waals surface area contributed by atoms with Crippen molar-refractivity contribution in [3.63, 3.8) is 0 Å². The van der Waals surface area contributed by atoms with Crippen LogP contribution in [0.15, 0.2) is 11.6 Å². The molecule has 2 rings (SSSR count). The molecule has 1 saturated heterocycles. The van der Waals surface area contributed by atoms with Gasteiger partial charge in [0.05, 0.1) is 10.5 Å². The van der Waals surface area contributed by atoms with Crippen LogP contribution < -0.4 is 11.1 Å². The highest BCUT2D eigenvalue weighted by atomic mass is 32.1. The Hall–Kier alpha value is -0.980. The number of thiazole rings is 1. The molecule has 6 heteroatoms. The summed E-state index contributed by atoms with van der Waals surface area (Å²) in [6, 6.07) is 0. The molecular weight excluding hydrogens is 238 g/mol. The second-order valence-electron chi connectivity index (χ2n) is 4.20. The molecule has 0 spiro atoms. The summed E-state index contributed by atoms with van der Waals surface area (Å²) < 4.78 is 5.21. The number of nitrogens with zero attached hydrogens (tertiary/aromatic N) is 1. The number of hydrogen-bond acceptors (Lipinski definition) is 5. The van der Waals surface area contributed by atoms with Crippen LogP contribution in [0.4, 0.5) is 0 Å². The zero-order chi connectivity index (χ0) is 12.1. The number of aromatic nitrogens is 1. The lowest BCUT2D eigenvalue weighted by molar-refractivity contribution is -0.129. The molecule has 0 unspecified atom stereocenters. The number of rotatable bonds is 4. The summed E-state index contributed by atoms with van der Waals surface area (Å²) in [6.45, 7) is 1.72. The fourth-order valence-electron chi connectivity index (χ4n) is 1.80. The molecule has 3 N–H and O–H groups in total. The van der Waals surface area contributed by atoms with E-state index in [2.05, 4.69) is 10.3 Å². The maximum atomic E-state index is 11.9. The molecule has 1 aromatic heterocycles. The van der Waals surface area contributed by atoms with Crippen LogP contribution >= 0.6 is 11.3 Å².